The number of hydrogen-bond donors (Lipinski definition) is 1. The summed E-state index contributed by atoms with van der Waals surface area (Å²) < 4.78 is 10.3. The number of ether oxygens (including phenoxy) is 1. The van der Waals surface area contributed by atoms with Gasteiger partial charge in [0.1, 0.15) is 11.5 Å². The smallest absolute Gasteiger partial charge is 0.105 e. The summed E-state index contributed by atoms with van der Waals surface area (Å²) in [5.74, 6) is 1.98. The number of aryl methyl sites for hydroxylation is 2. The first-order chi connectivity index (χ1) is 6.24. The highest BCUT2D eigenvalue weighted by Gasteiger charge is 2.02. The van der Waals surface area contributed by atoms with Crippen LogP contribution in [0.5, 0.6) is 0 Å². The van der Waals surface area contributed by atoms with Crippen molar-refractivity contribution in [3.8, 4) is 0 Å². The Bertz CT molecular complexity index is 255. The Hall–Kier alpha value is -0.800. The molecule has 1 rings (SSSR count). The zero-order valence-corrected chi connectivity index (χ0v) is 8.52. The minimum Gasteiger partial charge on any atom is -0.466 e. The minimum absolute atomic E-state index is 0.746. The molecule has 0 atom stereocenters. The summed E-state index contributed by atoms with van der Waals surface area (Å²) in [5.41, 5.74) is 1.23. The van der Waals surface area contributed by atoms with Gasteiger partial charge in [0.25, 0.3) is 0 Å². The van der Waals surface area contributed by atoms with E-state index in [1.54, 1.807) is 7.11 Å². The van der Waals surface area contributed by atoms with Crippen LogP contribution in [0.3, 0.4) is 0 Å². The third-order valence-electron chi connectivity index (χ3n) is 1.94. The molecule has 0 fully saturated rings. The Morgan fingerprint density at radius 3 is 2.77 bits per heavy atom. The van der Waals surface area contributed by atoms with Gasteiger partial charge in [-0.15, -0.1) is 0 Å². The summed E-state index contributed by atoms with van der Waals surface area (Å²) in [6.07, 6.45) is 0. The Labute approximate surface area is 79.1 Å². The Morgan fingerprint density at radius 2 is 2.23 bits per heavy atom. The Kier molecular flexibility index (Phi) is 3.99. The van der Waals surface area contributed by atoms with Gasteiger partial charge in [-0.25, -0.2) is 0 Å². The predicted molar refractivity (Wildman–Crippen MR) is 51.8 cm³/mol. The lowest BCUT2D eigenvalue weighted by molar-refractivity contribution is 0.199. The summed E-state index contributed by atoms with van der Waals surface area (Å²) in [6, 6.07) is 2.06. The highest BCUT2D eigenvalue weighted by Crippen LogP contribution is 2.12. The second-order valence-corrected chi connectivity index (χ2v) is 3.11. The van der Waals surface area contributed by atoms with Crippen LogP contribution in [0.25, 0.3) is 0 Å². The first-order valence-corrected chi connectivity index (χ1v) is 4.49. The van der Waals surface area contributed by atoms with Crippen molar-refractivity contribution in [2.45, 2.75) is 20.4 Å². The van der Waals surface area contributed by atoms with Gasteiger partial charge in [-0.2, -0.15) is 0 Å². The lowest BCUT2D eigenvalue weighted by Crippen LogP contribution is -2.18. The highest BCUT2D eigenvalue weighted by atomic mass is 16.5. The van der Waals surface area contributed by atoms with E-state index in [0.29, 0.717) is 0 Å². The van der Waals surface area contributed by atoms with E-state index in [-0.39, 0.29) is 0 Å². The number of methoxy groups -OCH3 is 1. The van der Waals surface area contributed by atoms with Crippen molar-refractivity contribution in [2.75, 3.05) is 20.3 Å². The molecule has 0 amide bonds. The maximum Gasteiger partial charge on any atom is 0.105 e. The Balaban J connectivity index is 2.32. The molecule has 0 unspecified atom stereocenters. The molecule has 0 radical (unpaired) electrons. The van der Waals surface area contributed by atoms with E-state index in [1.807, 2.05) is 13.8 Å². The molecule has 0 saturated heterocycles. The molecule has 0 saturated carbocycles. The standard InChI is InChI=1S/C10H17NO2/c1-8-6-10(9(2)13-8)7-11-4-5-12-3/h6,11H,4-5,7H2,1-3H3. The van der Waals surface area contributed by atoms with Gasteiger partial charge in [-0.1, -0.05) is 0 Å². The number of hydrogen-bond acceptors (Lipinski definition) is 3. The van der Waals surface area contributed by atoms with Crippen LogP contribution < -0.4 is 5.32 Å². The van der Waals surface area contributed by atoms with E-state index >= 15 is 0 Å². The average Bonchev–Trinajstić information content (AvgIpc) is 2.39. The number of furan rings is 1. The molecule has 74 valence electrons. The van der Waals surface area contributed by atoms with Crippen LogP contribution in [0.15, 0.2) is 10.5 Å². The molecule has 3 nitrogen and oxygen atoms in total. The molecule has 1 heterocycles. The van der Waals surface area contributed by atoms with Crippen LogP contribution in [0.1, 0.15) is 17.1 Å². The van der Waals surface area contributed by atoms with Crippen molar-refractivity contribution >= 4 is 0 Å². The second-order valence-electron chi connectivity index (χ2n) is 3.11. The molecule has 1 aromatic rings. The van der Waals surface area contributed by atoms with Gasteiger partial charge < -0.3 is 14.5 Å². The van der Waals surface area contributed by atoms with Crippen molar-refractivity contribution in [3.63, 3.8) is 0 Å². The summed E-state index contributed by atoms with van der Waals surface area (Å²) in [6.45, 7) is 6.43. The lowest BCUT2D eigenvalue weighted by Gasteiger charge is -2.01. The van der Waals surface area contributed by atoms with Crippen LogP contribution in [-0.4, -0.2) is 20.3 Å². The maximum atomic E-state index is 5.40. The number of nitrogens with one attached hydrogen (secondary N) is 1. The first-order valence-electron chi connectivity index (χ1n) is 4.49. The van der Waals surface area contributed by atoms with E-state index in [1.165, 1.54) is 5.56 Å². The lowest BCUT2D eigenvalue weighted by atomic mass is 10.2. The molecular formula is C10H17NO2. The van der Waals surface area contributed by atoms with Crippen LogP contribution in [-0.2, 0) is 11.3 Å². The molecule has 1 N–H and O–H groups in total. The molecule has 0 aliphatic heterocycles. The van der Waals surface area contributed by atoms with Gasteiger partial charge in [0.15, 0.2) is 0 Å². The van der Waals surface area contributed by atoms with Crippen molar-refractivity contribution in [2.24, 2.45) is 0 Å². The van der Waals surface area contributed by atoms with Gasteiger partial charge in [0.2, 0.25) is 0 Å². The van der Waals surface area contributed by atoms with Crippen molar-refractivity contribution in [1.82, 2.24) is 5.32 Å². The third-order valence-corrected chi connectivity index (χ3v) is 1.94. The van der Waals surface area contributed by atoms with E-state index in [2.05, 4.69) is 11.4 Å². The van der Waals surface area contributed by atoms with Crippen molar-refractivity contribution < 1.29 is 9.15 Å². The minimum atomic E-state index is 0.746. The van der Waals surface area contributed by atoms with Gasteiger partial charge in [0.05, 0.1) is 6.61 Å². The molecule has 0 bridgehead atoms. The van der Waals surface area contributed by atoms with E-state index in [9.17, 15) is 0 Å². The summed E-state index contributed by atoms with van der Waals surface area (Å²) in [5, 5.41) is 3.27. The quantitative estimate of drug-likeness (QED) is 0.704. The van der Waals surface area contributed by atoms with E-state index < -0.39 is 0 Å². The number of rotatable bonds is 5. The van der Waals surface area contributed by atoms with Gasteiger partial charge in [0, 0.05) is 25.8 Å². The maximum absolute atomic E-state index is 5.40. The molecule has 13 heavy (non-hydrogen) atoms. The average molecular weight is 183 g/mol. The molecule has 0 aliphatic rings. The van der Waals surface area contributed by atoms with Gasteiger partial charge in [-0.3, -0.25) is 0 Å². The highest BCUT2D eigenvalue weighted by molar-refractivity contribution is 5.19. The fourth-order valence-electron chi connectivity index (χ4n) is 1.26. The van der Waals surface area contributed by atoms with E-state index in [4.69, 9.17) is 9.15 Å². The third kappa shape index (κ3) is 3.20. The second kappa shape index (κ2) is 5.04. The fourth-order valence-corrected chi connectivity index (χ4v) is 1.26. The SMILES string of the molecule is COCCNCc1cc(C)oc1C. The summed E-state index contributed by atoms with van der Waals surface area (Å²) >= 11 is 0. The van der Waals surface area contributed by atoms with Gasteiger partial charge >= 0.3 is 0 Å². The normalized spacial score (nSPS) is 10.7. The largest absolute Gasteiger partial charge is 0.466 e. The molecular weight excluding hydrogens is 166 g/mol. The molecule has 0 aliphatic carbocycles. The first kappa shape index (κ1) is 10.3. The van der Waals surface area contributed by atoms with Crippen LogP contribution in [0, 0.1) is 13.8 Å². The van der Waals surface area contributed by atoms with Crippen LogP contribution in [0.2, 0.25) is 0 Å². The summed E-state index contributed by atoms with van der Waals surface area (Å²) in [4.78, 5) is 0. The topological polar surface area (TPSA) is 34.4 Å². The van der Waals surface area contributed by atoms with Crippen LogP contribution >= 0.6 is 0 Å². The molecule has 1 aromatic heterocycles. The summed E-state index contributed by atoms with van der Waals surface area (Å²) in [7, 11) is 1.70. The predicted octanol–water partition coefficient (Wildman–Crippen LogP) is 1.63. The molecule has 3 heteroatoms. The van der Waals surface area contributed by atoms with Crippen molar-refractivity contribution in [3.05, 3.63) is 23.2 Å². The molecule has 0 spiro atoms. The Morgan fingerprint density at radius 1 is 1.46 bits per heavy atom. The zero-order valence-electron chi connectivity index (χ0n) is 8.52. The monoisotopic (exact) mass is 183 g/mol. The van der Waals surface area contributed by atoms with Crippen LogP contribution in [0.4, 0.5) is 0 Å². The van der Waals surface area contributed by atoms with E-state index in [0.717, 1.165) is 31.2 Å². The van der Waals surface area contributed by atoms with Crippen molar-refractivity contribution in [1.29, 1.82) is 0 Å². The van der Waals surface area contributed by atoms with Gasteiger partial charge in [-0.05, 0) is 19.9 Å². The zero-order chi connectivity index (χ0) is 9.68. The molecule has 0 aromatic carbocycles. The fraction of sp³-hybridized carbons (Fsp3) is 0.600.